The number of likely N-dealkylation sites (tertiary alicyclic amines) is 1. The Bertz CT molecular complexity index is 834. The number of hydrogen-bond acceptors (Lipinski definition) is 6. The van der Waals surface area contributed by atoms with Gasteiger partial charge in [-0.15, -0.1) is 0 Å². The van der Waals surface area contributed by atoms with Crippen LogP contribution in [0.2, 0.25) is 0 Å². The summed E-state index contributed by atoms with van der Waals surface area (Å²) in [6.45, 7) is 3.35. The minimum Gasteiger partial charge on any atom is -0.355 e. The number of aryl methyl sites for hydroxylation is 1. The van der Waals surface area contributed by atoms with Crippen molar-refractivity contribution >= 4 is 29.4 Å². The summed E-state index contributed by atoms with van der Waals surface area (Å²) in [7, 11) is 0. The standard InChI is InChI=1S/C19H20N4O2S/c1-12-8-16(21-19(20-12)26-2)22-10-14-15(11-22)18(25)23(17(14)24)9-13-6-4-3-5-7-13/h3-8,14-15H,9-11H2,1-2H3. The quantitative estimate of drug-likeness (QED) is 0.468. The molecule has 0 saturated carbocycles. The van der Waals surface area contributed by atoms with Gasteiger partial charge in [0, 0.05) is 24.8 Å². The van der Waals surface area contributed by atoms with Gasteiger partial charge >= 0.3 is 0 Å². The second kappa shape index (κ2) is 6.72. The average molecular weight is 368 g/mol. The van der Waals surface area contributed by atoms with Gasteiger partial charge in [0.1, 0.15) is 5.82 Å². The summed E-state index contributed by atoms with van der Waals surface area (Å²) < 4.78 is 0. The first-order valence-corrected chi connectivity index (χ1v) is 9.83. The highest BCUT2D eigenvalue weighted by Crippen LogP contribution is 2.36. The summed E-state index contributed by atoms with van der Waals surface area (Å²) in [6.07, 6.45) is 1.94. The van der Waals surface area contributed by atoms with Crippen LogP contribution in [0.15, 0.2) is 41.6 Å². The molecule has 0 bridgehead atoms. The van der Waals surface area contributed by atoms with Crippen LogP contribution in [0.1, 0.15) is 11.3 Å². The highest BCUT2D eigenvalue weighted by molar-refractivity contribution is 7.98. The molecule has 0 N–H and O–H groups in total. The van der Waals surface area contributed by atoms with Gasteiger partial charge in [0.2, 0.25) is 11.8 Å². The largest absolute Gasteiger partial charge is 0.355 e. The number of rotatable bonds is 4. The Morgan fingerprint density at radius 2 is 1.73 bits per heavy atom. The molecule has 7 heteroatoms. The van der Waals surface area contributed by atoms with Crippen LogP contribution in [0.25, 0.3) is 0 Å². The van der Waals surface area contributed by atoms with Crippen LogP contribution in [0.5, 0.6) is 0 Å². The van der Waals surface area contributed by atoms with E-state index in [9.17, 15) is 9.59 Å². The van der Waals surface area contributed by atoms with E-state index in [0.29, 0.717) is 24.8 Å². The fourth-order valence-corrected chi connectivity index (χ4v) is 4.12. The molecule has 1 aromatic carbocycles. The summed E-state index contributed by atoms with van der Waals surface area (Å²) in [5.41, 5.74) is 1.86. The topological polar surface area (TPSA) is 66.4 Å². The highest BCUT2D eigenvalue weighted by atomic mass is 32.2. The highest BCUT2D eigenvalue weighted by Gasteiger charge is 2.52. The summed E-state index contributed by atoms with van der Waals surface area (Å²) in [5, 5.41) is 0.709. The lowest BCUT2D eigenvalue weighted by molar-refractivity contribution is -0.140. The molecular weight excluding hydrogens is 348 g/mol. The lowest BCUT2D eigenvalue weighted by Crippen LogP contribution is -2.35. The van der Waals surface area contributed by atoms with Gasteiger partial charge in [-0.2, -0.15) is 0 Å². The third-order valence-electron chi connectivity index (χ3n) is 5.00. The molecule has 2 atom stereocenters. The van der Waals surface area contributed by atoms with Crippen LogP contribution in [0, 0.1) is 18.8 Å². The van der Waals surface area contributed by atoms with Gasteiger partial charge in [0.15, 0.2) is 5.16 Å². The SMILES string of the molecule is CSc1nc(C)cc(N2CC3C(=O)N(Cc4ccccc4)C(=O)C3C2)n1. The van der Waals surface area contributed by atoms with Crippen molar-refractivity contribution in [2.24, 2.45) is 11.8 Å². The van der Waals surface area contributed by atoms with Gasteiger partial charge in [-0.05, 0) is 18.7 Å². The number of thioether (sulfide) groups is 1. The first kappa shape index (κ1) is 17.0. The smallest absolute Gasteiger partial charge is 0.235 e. The van der Waals surface area contributed by atoms with Crippen LogP contribution in [-0.4, -0.2) is 46.0 Å². The molecule has 2 aliphatic heterocycles. The Hall–Kier alpha value is -2.41. The maximum Gasteiger partial charge on any atom is 0.235 e. The van der Waals surface area contributed by atoms with E-state index < -0.39 is 0 Å². The predicted octanol–water partition coefficient (Wildman–Crippen LogP) is 2.13. The molecule has 0 spiro atoms. The molecule has 134 valence electrons. The molecule has 2 aliphatic rings. The molecular formula is C19H20N4O2S. The molecule has 2 aromatic rings. The zero-order valence-electron chi connectivity index (χ0n) is 14.8. The normalized spacial score (nSPS) is 22.2. The van der Waals surface area contributed by atoms with Crippen LogP contribution < -0.4 is 4.90 Å². The Balaban J connectivity index is 1.52. The Morgan fingerprint density at radius 3 is 2.35 bits per heavy atom. The first-order chi connectivity index (χ1) is 12.6. The molecule has 4 rings (SSSR count). The summed E-state index contributed by atoms with van der Waals surface area (Å²) in [4.78, 5) is 38.0. The zero-order chi connectivity index (χ0) is 18.3. The van der Waals surface area contributed by atoms with Crippen LogP contribution >= 0.6 is 11.8 Å². The van der Waals surface area contributed by atoms with Crippen molar-refractivity contribution in [1.82, 2.24) is 14.9 Å². The molecule has 1 aromatic heterocycles. The number of anilines is 1. The molecule has 2 unspecified atom stereocenters. The number of carbonyl (C=O) groups excluding carboxylic acids is 2. The van der Waals surface area contributed by atoms with Crippen molar-refractivity contribution < 1.29 is 9.59 Å². The van der Waals surface area contributed by atoms with Crippen LogP contribution in [0.4, 0.5) is 5.82 Å². The van der Waals surface area contributed by atoms with E-state index in [-0.39, 0.29) is 23.7 Å². The van der Waals surface area contributed by atoms with Crippen molar-refractivity contribution in [3.8, 4) is 0 Å². The molecule has 2 amide bonds. The minimum absolute atomic E-state index is 0.0674. The van der Waals surface area contributed by atoms with Crippen molar-refractivity contribution in [3.63, 3.8) is 0 Å². The van der Waals surface area contributed by atoms with E-state index in [1.165, 1.54) is 16.7 Å². The third kappa shape index (κ3) is 2.96. The van der Waals surface area contributed by atoms with Crippen molar-refractivity contribution in [3.05, 3.63) is 47.7 Å². The Morgan fingerprint density at radius 1 is 1.08 bits per heavy atom. The second-order valence-electron chi connectivity index (χ2n) is 6.72. The van der Waals surface area contributed by atoms with E-state index in [1.807, 2.05) is 54.5 Å². The molecule has 2 fully saturated rings. The van der Waals surface area contributed by atoms with E-state index >= 15 is 0 Å². The number of nitrogens with zero attached hydrogens (tertiary/aromatic N) is 4. The predicted molar refractivity (Wildman–Crippen MR) is 99.7 cm³/mol. The first-order valence-electron chi connectivity index (χ1n) is 8.60. The number of benzene rings is 1. The Kier molecular flexibility index (Phi) is 4.40. The summed E-state index contributed by atoms with van der Waals surface area (Å²) >= 11 is 1.49. The van der Waals surface area contributed by atoms with Crippen LogP contribution in [-0.2, 0) is 16.1 Å². The van der Waals surface area contributed by atoms with Crippen LogP contribution in [0.3, 0.4) is 0 Å². The maximum absolute atomic E-state index is 12.8. The molecule has 0 aliphatic carbocycles. The lowest BCUT2D eigenvalue weighted by atomic mass is 10.00. The molecule has 2 saturated heterocycles. The minimum atomic E-state index is -0.279. The number of imide groups is 1. The summed E-state index contributed by atoms with van der Waals surface area (Å²) in [5.74, 6) is 0.106. The average Bonchev–Trinajstić information content (AvgIpc) is 3.18. The zero-order valence-corrected chi connectivity index (χ0v) is 15.6. The maximum atomic E-state index is 12.8. The molecule has 26 heavy (non-hydrogen) atoms. The lowest BCUT2D eigenvalue weighted by Gasteiger charge is -2.22. The van der Waals surface area contributed by atoms with Gasteiger partial charge in [0.25, 0.3) is 0 Å². The third-order valence-corrected chi connectivity index (χ3v) is 5.54. The van der Waals surface area contributed by atoms with E-state index in [4.69, 9.17) is 0 Å². The number of aromatic nitrogens is 2. The van der Waals surface area contributed by atoms with E-state index in [1.54, 1.807) is 0 Å². The molecule has 3 heterocycles. The van der Waals surface area contributed by atoms with Crippen molar-refractivity contribution in [2.75, 3.05) is 24.2 Å². The summed E-state index contributed by atoms with van der Waals surface area (Å²) in [6, 6.07) is 11.6. The fraction of sp³-hybridized carbons (Fsp3) is 0.368. The Labute approximate surface area is 156 Å². The van der Waals surface area contributed by atoms with Gasteiger partial charge in [0.05, 0.1) is 18.4 Å². The molecule has 0 radical (unpaired) electrons. The van der Waals surface area contributed by atoms with Gasteiger partial charge in [-0.3, -0.25) is 14.5 Å². The number of fused-ring (bicyclic) bond motifs is 1. The fourth-order valence-electron chi connectivity index (χ4n) is 3.70. The monoisotopic (exact) mass is 368 g/mol. The number of hydrogen-bond donors (Lipinski definition) is 0. The number of amides is 2. The van der Waals surface area contributed by atoms with Gasteiger partial charge in [-0.25, -0.2) is 9.97 Å². The van der Waals surface area contributed by atoms with Gasteiger partial charge in [-0.1, -0.05) is 42.1 Å². The van der Waals surface area contributed by atoms with E-state index in [2.05, 4.69) is 9.97 Å². The number of carbonyl (C=O) groups is 2. The second-order valence-corrected chi connectivity index (χ2v) is 7.49. The van der Waals surface area contributed by atoms with E-state index in [0.717, 1.165) is 17.1 Å². The van der Waals surface area contributed by atoms with Gasteiger partial charge < -0.3 is 4.90 Å². The van der Waals surface area contributed by atoms with Crippen molar-refractivity contribution in [2.45, 2.75) is 18.6 Å². The molecule has 6 nitrogen and oxygen atoms in total. The van der Waals surface area contributed by atoms with Crippen molar-refractivity contribution in [1.29, 1.82) is 0 Å².